The fourth-order valence-corrected chi connectivity index (χ4v) is 2.82. The summed E-state index contributed by atoms with van der Waals surface area (Å²) in [7, 11) is 0. The molecule has 2 heterocycles. The number of anilines is 1. The van der Waals surface area contributed by atoms with Gasteiger partial charge in [0.1, 0.15) is 11.4 Å². The molecule has 0 radical (unpaired) electrons. The van der Waals surface area contributed by atoms with E-state index in [9.17, 15) is 28.1 Å². The van der Waals surface area contributed by atoms with Crippen molar-refractivity contribution in [2.24, 2.45) is 0 Å². The molecule has 1 amide bonds. The Morgan fingerprint density at radius 3 is 2.61 bits per heavy atom. The maximum Gasteiger partial charge on any atom is 0.433 e. The normalized spacial score (nSPS) is 14.2. The van der Waals surface area contributed by atoms with Crippen molar-refractivity contribution in [1.82, 2.24) is 14.6 Å². The van der Waals surface area contributed by atoms with Gasteiger partial charge < -0.3 is 5.32 Å². The highest BCUT2D eigenvalue weighted by molar-refractivity contribution is 6.04. The number of para-hydroxylation sites is 2. The highest BCUT2D eigenvalue weighted by Crippen LogP contribution is 2.41. The molecule has 0 spiro atoms. The molecule has 144 valence electrons. The van der Waals surface area contributed by atoms with Gasteiger partial charge in [-0.3, -0.25) is 14.9 Å². The number of carbonyl (C=O) groups is 1. The van der Waals surface area contributed by atoms with Gasteiger partial charge in [0.05, 0.1) is 4.92 Å². The van der Waals surface area contributed by atoms with Crippen LogP contribution in [0.25, 0.3) is 5.65 Å². The van der Waals surface area contributed by atoms with E-state index in [0.29, 0.717) is 10.2 Å². The monoisotopic (exact) mass is 391 g/mol. The number of aromatic nitrogens is 3. The van der Waals surface area contributed by atoms with Gasteiger partial charge in [-0.1, -0.05) is 12.1 Å². The number of benzene rings is 1. The van der Waals surface area contributed by atoms with Crippen LogP contribution in [0, 0.1) is 10.1 Å². The van der Waals surface area contributed by atoms with Crippen molar-refractivity contribution in [2.75, 3.05) is 5.32 Å². The van der Waals surface area contributed by atoms with Crippen molar-refractivity contribution in [2.45, 2.75) is 24.9 Å². The predicted molar refractivity (Wildman–Crippen MR) is 91.0 cm³/mol. The van der Waals surface area contributed by atoms with Crippen molar-refractivity contribution in [3.63, 3.8) is 0 Å². The van der Waals surface area contributed by atoms with Gasteiger partial charge in [-0.15, -0.1) is 0 Å². The van der Waals surface area contributed by atoms with Gasteiger partial charge in [0.25, 0.3) is 11.6 Å². The van der Waals surface area contributed by atoms with E-state index in [1.54, 1.807) is 0 Å². The first kappa shape index (κ1) is 17.9. The molecular weight excluding hydrogens is 379 g/mol. The third-order valence-electron chi connectivity index (χ3n) is 4.31. The molecule has 1 aromatic carbocycles. The lowest BCUT2D eigenvalue weighted by Crippen LogP contribution is -2.16. The van der Waals surface area contributed by atoms with Gasteiger partial charge in [0, 0.05) is 23.7 Å². The van der Waals surface area contributed by atoms with E-state index >= 15 is 0 Å². The zero-order chi connectivity index (χ0) is 20.1. The summed E-state index contributed by atoms with van der Waals surface area (Å²) in [6.45, 7) is 0. The van der Waals surface area contributed by atoms with Crippen LogP contribution in [-0.4, -0.2) is 25.4 Å². The summed E-state index contributed by atoms with van der Waals surface area (Å²) >= 11 is 0. The van der Waals surface area contributed by atoms with Crippen LogP contribution in [0.2, 0.25) is 0 Å². The molecule has 1 aliphatic rings. The third-order valence-corrected chi connectivity index (χ3v) is 4.31. The molecule has 8 nitrogen and oxygen atoms in total. The first-order valence-electron chi connectivity index (χ1n) is 8.27. The summed E-state index contributed by atoms with van der Waals surface area (Å²) in [6.07, 6.45) is -3.15. The SMILES string of the molecule is O=C(Nc1ccccc1[N+](=O)[O-])c1cc2nc(C3CC3)cc(C(F)(F)F)n2n1. The number of hydrogen-bond acceptors (Lipinski definition) is 5. The number of rotatable bonds is 4. The topological polar surface area (TPSA) is 102 Å². The lowest BCUT2D eigenvalue weighted by Gasteiger charge is -2.10. The smallest absolute Gasteiger partial charge is 0.315 e. The molecule has 2 aromatic heterocycles. The van der Waals surface area contributed by atoms with E-state index < -0.39 is 22.7 Å². The van der Waals surface area contributed by atoms with Crippen LogP contribution in [0.3, 0.4) is 0 Å². The molecule has 11 heteroatoms. The fourth-order valence-electron chi connectivity index (χ4n) is 2.82. The molecule has 1 N–H and O–H groups in total. The number of hydrogen-bond donors (Lipinski definition) is 1. The first-order valence-corrected chi connectivity index (χ1v) is 8.27. The minimum absolute atomic E-state index is 0.0229. The molecule has 1 fully saturated rings. The van der Waals surface area contributed by atoms with Crippen molar-refractivity contribution in [3.8, 4) is 0 Å². The van der Waals surface area contributed by atoms with Crippen molar-refractivity contribution < 1.29 is 22.9 Å². The number of nitrogens with one attached hydrogen (secondary N) is 1. The Balaban J connectivity index is 1.73. The van der Waals surface area contributed by atoms with Crippen LogP contribution in [0.5, 0.6) is 0 Å². The number of carbonyl (C=O) groups excluding carboxylic acids is 1. The number of nitrogens with zero attached hydrogens (tertiary/aromatic N) is 4. The summed E-state index contributed by atoms with van der Waals surface area (Å²) in [5.41, 5.74) is -1.58. The molecule has 0 saturated heterocycles. The molecule has 0 unspecified atom stereocenters. The van der Waals surface area contributed by atoms with Gasteiger partial charge >= 0.3 is 6.18 Å². The third kappa shape index (κ3) is 3.26. The maximum atomic E-state index is 13.4. The number of amides is 1. The Hall–Kier alpha value is -3.50. The quantitative estimate of drug-likeness (QED) is 0.539. The van der Waals surface area contributed by atoms with E-state index in [-0.39, 0.29) is 28.6 Å². The maximum absolute atomic E-state index is 13.4. The Bertz CT molecular complexity index is 1110. The molecular formula is C17H12F3N5O3. The Morgan fingerprint density at radius 2 is 1.96 bits per heavy atom. The summed E-state index contributed by atoms with van der Waals surface area (Å²) in [4.78, 5) is 27.0. The molecule has 1 aliphatic carbocycles. The zero-order valence-electron chi connectivity index (χ0n) is 14.1. The van der Waals surface area contributed by atoms with Crippen molar-refractivity contribution in [3.05, 3.63) is 63.6 Å². The minimum Gasteiger partial charge on any atom is -0.315 e. The fraction of sp³-hybridized carbons (Fsp3) is 0.235. The van der Waals surface area contributed by atoms with E-state index in [2.05, 4.69) is 15.4 Å². The van der Waals surface area contributed by atoms with Gasteiger partial charge in [0.15, 0.2) is 11.3 Å². The Morgan fingerprint density at radius 1 is 1.25 bits per heavy atom. The molecule has 4 rings (SSSR count). The van der Waals surface area contributed by atoms with Gasteiger partial charge in [0.2, 0.25) is 0 Å². The Kier molecular flexibility index (Phi) is 4.02. The highest BCUT2D eigenvalue weighted by atomic mass is 19.4. The zero-order valence-corrected chi connectivity index (χ0v) is 14.1. The molecule has 3 aromatic rings. The molecule has 0 bridgehead atoms. The number of nitro benzene ring substituents is 1. The predicted octanol–water partition coefficient (Wildman–Crippen LogP) is 3.79. The van der Waals surface area contributed by atoms with Crippen LogP contribution in [0.4, 0.5) is 24.5 Å². The highest BCUT2D eigenvalue weighted by Gasteiger charge is 2.37. The van der Waals surface area contributed by atoms with E-state index in [1.165, 1.54) is 24.3 Å². The summed E-state index contributed by atoms with van der Waals surface area (Å²) in [5.74, 6) is -0.897. The van der Waals surface area contributed by atoms with Crippen molar-refractivity contribution in [1.29, 1.82) is 0 Å². The lowest BCUT2D eigenvalue weighted by atomic mass is 10.2. The molecule has 28 heavy (non-hydrogen) atoms. The van der Waals surface area contributed by atoms with E-state index in [0.717, 1.165) is 25.0 Å². The average Bonchev–Trinajstić information content (AvgIpc) is 3.39. The van der Waals surface area contributed by atoms with Crippen LogP contribution >= 0.6 is 0 Å². The number of fused-ring (bicyclic) bond motifs is 1. The average molecular weight is 391 g/mol. The second kappa shape index (κ2) is 6.29. The summed E-state index contributed by atoms with van der Waals surface area (Å²) < 4.78 is 40.8. The van der Waals surface area contributed by atoms with E-state index in [4.69, 9.17) is 0 Å². The number of nitro groups is 1. The first-order chi connectivity index (χ1) is 13.2. The van der Waals surface area contributed by atoms with E-state index in [1.807, 2.05) is 0 Å². The number of alkyl halides is 3. The van der Waals surface area contributed by atoms with Gasteiger partial charge in [-0.25, -0.2) is 9.50 Å². The van der Waals surface area contributed by atoms with Crippen LogP contribution < -0.4 is 5.32 Å². The molecule has 0 atom stereocenters. The minimum atomic E-state index is -4.68. The standard InChI is InChI=1S/C17H12F3N5O3/c18-17(19,20)14-7-11(9-5-6-9)21-15-8-12(23-24(14)15)16(26)22-10-3-1-2-4-13(10)25(27)28/h1-4,7-9H,5-6H2,(H,22,26). The van der Waals surface area contributed by atoms with Crippen LogP contribution in [-0.2, 0) is 6.18 Å². The van der Waals surface area contributed by atoms with Crippen LogP contribution in [0.15, 0.2) is 36.4 Å². The van der Waals surface area contributed by atoms with Gasteiger partial charge in [-0.05, 0) is 25.0 Å². The van der Waals surface area contributed by atoms with Crippen molar-refractivity contribution >= 4 is 22.9 Å². The number of halogens is 3. The van der Waals surface area contributed by atoms with Gasteiger partial charge in [-0.2, -0.15) is 18.3 Å². The molecule has 0 aliphatic heterocycles. The second-order valence-electron chi connectivity index (χ2n) is 6.37. The summed E-state index contributed by atoms with van der Waals surface area (Å²) in [6, 6.07) is 7.50. The second-order valence-corrected chi connectivity index (χ2v) is 6.37. The Labute approximate surface area is 155 Å². The lowest BCUT2D eigenvalue weighted by molar-refractivity contribution is -0.383. The largest absolute Gasteiger partial charge is 0.433 e. The molecule has 1 saturated carbocycles. The van der Waals surface area contributed by atoms with Crippen LogP contribution in [0.1, 0.15) is 40.6 Å². The summed E-state index contributed by atoms with van der Waals surface area (Å²) in [5, 5.41) is 17.1.